The van der Waals surface area contributed by atoms with Crippen molar-refractivity contribution < 1.29 is 22.7 Å². The van der Waals surface area contributed by atoms with Crippen LogP contribution in [0.15, 0.2) is 93.6 Å². The van der Waals surface area contributed by atoms with Crippen molar-refractivity contribution in [1.29, 1.82) is 0 Å². The summed E-state index contributed by atoms with van der Waals surface area (Å²) in [4.78, 5) is 27.8. The zero-order valence-corrected chi connectivity index (χ0v) is 21.7. The fourth-order valence-electron chi connectivity index (χ4n) is 4.50. The molecule has 1 aliphatic carbocycles. The van der Waals surface area contributed by atoms with Crippen molar-refractivity contribution in [3.63, 3.8) is 0 Å². The first-order chi connectivity index (χ1) is 17.2. The summed E-state index contributed by atoms with van der Waals surface area (Å²) in [5.74, 6) is -0.551. The van der Waals surface area contributed by atoms with Gasteiger partial charge < -0.3 is 4.74 Å². The molecule has 0 unspecified atom stereocenters. The molecule has 0 radical (unpaired) electrons. The van der Waals surface area contributed by atoms with Crippen molar-refractivity contribution in [3.05, 3.63) is 94.3 Å². The summed E-state index contributed by atoms with van der Waals surface area (Å²) < 4.78 is 34.3. The van der Waals surface area contributed by atoms with E-state index in [2.05, 4.69) is 0 Å². The summed E-state index contributed by atoms with van der Waals surface area (Å²) in [7, 11) is -3.90. The molecule has 0 spiro atoms. The van der Waals surface area contributed by atoms with Crippen LogP contribution < -0.4 is 0 Å². The highest BCUT2D eigenvalue weighted by atomic mass is 32.2. The van der Waals surface area contributed by atoms with E-state index < -0.39 is 10.0 Å². The number of nitrogens with zero attached hydrogens (tertiary/aromatic N) is 1. The van der Waals surface area contributed by atoms with Gasteiger partial charge in [0, 0.05) is 29.8 Å². The van der Waals surface area contributed by atoms with Gasteiger partial charge in [0.05, 0.1) is 11.0 Å². The molecule has 0 N–H and O–H groups in total. The number of benzene rings is 2. The average Bonchev–Trinajstić information content (AvgIpc) is 2.87. The number of hydrogen-bond acceptors (Lipinski definition) is 5. The third-order valence-corrected chi connectivity index (χ3v) is 8.02. The molecule has 0 amide bonds. The molecule has 1 heterocycles. The van der Waals surface area contributed by atoms with Gasteiger partial charge in [0.2, 0.25) is 15.8 Å². The molecule has 0 aromatic heterocycles. The van der Waals surface area contributed by atoms with Crippen LogP contribution in [-0.2, 0) is 24.3 Å². The van der Waals surface area contributed by atoms with Crippen LogP contribution in [0.25, 0.3) is 6.08 Å². The van der Waals surface area contributed by atoms with Gasteiger partial charge >= 0.3 is 0 Å². The highest BCUT2D eigenvalue weighted by Gasteiger charge is 2.43. The smallest absolute Gasteiger partial charge is 0.243 e. The number of hydrogen-bond donors (Lipinski definition) is 0. The Morgan fingerprint density at radius 2 is 1.58 bits per heavy atom. The van der Waals surface area contributed by atoms with Crippen molar-refractivity contribution >= 4 is 27.7 Å². The Bertz CT molecular complexity index is 1350. The van der Waals surface area contributed by atoms with Crippen molar-refractivity contribution in [1.82, 2.24) is 4.31 Å². The van der Waals surface area contributed by atoms with Crippen LogP contribution in [0.4, 0.5) is 0 Å². The maximum Gasteiger partial charge on any atom is 0.243 e. The number of Topliss-reactive ketones (excluding diaryl/α,β-unsaturated/α-hetero) is 2. The SMILES string of the molecule is CCCCC1=C(OC(C)C)C(=O)C2=C(CN(S(=O)(=O)c3ccccc3)C/C2=C\c2ccccc2)C1=O. The highest BCUT2D eigenvalue weighted by Crippen LogP contribution is 2.38. The normalized spacial score (nSPS) is 18.3. The monoisotopic (exact) mass is 505 g/mol. The predicted molar refractivity (Wildman–Crippen MR) is 139 cm³/mol. The minimum absolute atomic E-state index is 0.0246. The maximum absolute atomic E-state index is 13.8. The topological polar surface area (TPSA) is 80.8 Å². The second kappa shape index (κ2) is 10.8. The maximum atomic E-state index is 13.8. The third kappa shape index (κ3) is 5.13. The predicted octanol–water partition coefficient (Wildman–Crippen LogP) is 5.09. The van der Waals surface area contributed by atoms with Crippen molar-refractivity contribution in [2.75, 3.05) is 13.1 Å². The van der Waals surface area contributed by atoms with Gasteiger partial charge in [-0.1, -0.05) is 61.9 Å². The first kappa shape index (κ1) is 25.8. The Balaban J connectivity index is 1.87. The molecule has 0 fully saturated rings. The Hall–Kier alpha value is -3.29. The van der Waals surface area contributed by atoms with E-state index in [1.807, 2.05) is 51.1 Å². The molecule has 2 aliphatic rings. The van der Waals surface area contributed by atoms with Crippen molar-refractivity contribution in [3.8, 4) is 0 Å². The molecule has 4 rings (SSSR count). The van der Waals surface area contributed by atoms with E-state index in [0.29, 0.717) is 17.6 Å². The lowest BCUT2D eigenvalue weighted by Gasteiger charge is -2.34. The lowest BCUT2D eigenvalue weighted by Crippen LogP contribution is -2.43. The molecule has 0 saturated heterocycles. The van der Waals surface area contributed by atoms with Gasteiger partial charge in [-0.3, -0.25) is 9.59 Å². The number of rotatable bonds is 8. The van der Waals surface area contributed by atoms with Gasteiger partial charge in [-0.2, -0.15) is 4.31 Å². The van der Waals surface area contributed by atoms with Crippen LogP contribution >= 0.6 is 0 Å². The summed E-state index contributed by atoms with van der Waals surface area (Å²) in [6.07, 6.45) is 3.48. The number of allylic oxidation sites excluding steroid dienone is 2. The van der Waals surface area contributed by atoms with Crippen molar-refractivity contribution in [2.45, 2.75) is 51.0 Å². The summed E-state index contributed by atoms with van der Waals surface area (Å²) in [5, 5.41) is 0. The number of ketones is 2. The van der Waals surface area contributed by atoms with E-state index in [0.717, 1.165) is 18.4 Å². The summed E-state index contributed by atoms with van der Waals surface area (Å²) in [5.41, 5.74) is 2.12. The molecular formula is C29H31NO5S. The van der Waals surface area contributed by atoms with E-state index in [1.54, 1.807) is 24.3 Å². The van der Waals surface area contributed by atoms with Gasteiger partial charge in [-0.05, 0) is 56.0 Å². The van der Waals surface area contributed by atoms with Crippen LogP contribution in [-0.4, -0.2) is 43.5 Å². The molecular weight excluding hydrogens is 474 g/mol. The van der Waals surface area contributed by atoms with Gasteiger partial charge in [0.1, 0.15) is 0 Å². The quantitative estimate of drug-likeness (QED) is 0.467. The van der Waals surface area contributed by atoms with Gasteiger partial charge in [0.25, 0.3) is 0 Å². The molecule has 6 nitrogen and oxygen atoms in total. The van der Waals surface area contributed by atoms with Gasteiger partial charge in [-0.15, -0.1) is 0 Å². The molecule has 0 saturated carbocycles. The molecule has 2 aromatic carbocycles. The zero-order chi connectivity index (χ0) is 25.9. The summed E-state index contributed by atoms with van der Waals surface area (Å²) in [6.45, 7) is 5.47. The number of sulfonamides is 1. The Kier molecular flexibility index (Phi) is 7.71. The van der Waals surface area contributed by atoms with E-state index in [-0.39, 0.29) is 52.6 Å². The van der Waals surface area contributed by atoms with Crippen LogP contribution in [0, 0.1) is 0 Å². The Labute approximate surface area is 213 Å². The fraction of sp³-hybridized carbons (Fsp3) is 0.310. The Morgan fingerprint density at radius 3 is 2.19 bits per heavy atom. The molecule has 2 aromatic rings. The lowest BCUT2D eigenvalue weighted by atomic mass is 9.80. The first-order valence-electron chi connectivity index (χ1n) is 12.3. The minimum Gasteiger partial charge on any atom is -0.486 e. The highest BCUT2D eigenvalue weighted by molar-refractivity contribution is 7.89. The number of unbranched alkanes of at least 4 members (excludes halogenated alkanes) is 1. The molecule has 0 bridgehead atoms. The third-order valence-electron chi connectivity index (χ3n) is 6.21. The second-order valence-corrected chi connectivity index (χ2v) is 11.2. The fourth-order valence-corrected chi connectivity index (χ4v) is 5.91. The van der Waals surface area contributed by atoms with E-state index >= 15 is 0 Å². The van der Waals surface area contributed by atoms with Gasteiger partial charge in [0.15, 0.2) is 11.5 Å². The molecule has 0 atom stereocenters. The van der Waals surface area contributed by atoms with Crippen LogP contribution in [0.1, 0.15) is 45.6 Å². The minimum atomic E-state index is -3.90. The standard InChI is InChI=1S/C29H31NO5S/c1-4-5-16-24-27(31)25-19-30(36(33,34)23-14-10-7-11-15-23)18-22(17-21-12-8-6-9-13-21)26(25)28(32)29(24)35-20(2)3/h6-15,17,20H,4-5,16,18-19H2,1-3H3/b22-17+. The number of carbonyl (C=O) groups excluding carboxylic acids is 2. The number of ether oxygens (including phenoxy) is 1. The first-order valence-corrected chi connectivity index (χ1v) is 13.7. The lowest BCUT2D eigenvalue weighted by molar-refractivity contribution is -0.120. The van der Waals surface area contributed by atoms with Crippen molar-refractivity contribution in [2.24, 2.45) is 0 Å². The second-order valence-electron chi connectivity index (χ2n) is 9.26. The van der Waals surface area contributed by atoms with E-state index in [1.165, 1.54) is 16.4 Å². The largest absolute Gasteiger partial charge is 0.486 e. The molecule has 1 aliphatic heterocycles. The molecule has 188 valence electrons. The Morgan fingerprint density at radius 1 is 0.944 bits per heavy atom. The van der Waals surface area contributed by atoms with E-state index in [4.69, 9.17) is 4.74 Å². The summed E-state index contributed by atoms with van der Waals surface area (Å²) in [6, 6.07) is 17.5. The summed E-state index contributed by atoms with van der Waals surface area (Å²) >= 11 is 0. The van der Waals surface area contributed by atoms with E-state index in [9.17, 15) is 18.0 Å². The average molecular weight is 506 g/mol. The molecule has 36 heavy (non-hydrogen) atoms. The number of carbonyl (C=O) groups is 2. The molecule has 7 heteroatoms. The zero-order valence-electron chi connectivity index (χ0n) is 20.9. The van der Waals surface area contributed by atoms with Crippen LogP contribution in [0.5, 0.6) is 0 Å². The van der Waals surface area contributed by atoms with Crippen LogP contribution in [0.2, 0.25) is 0 Å². The van der Waals surface area contributed by atoms with Gasteiger partial charge in [-0.25, -0.2) is 8.42 Å². The van der Waals surface area contributed by atoms with Crippen LogP contribution in [0.3, 0.4) is 0 Å².